The van der Waals surface area contributed by atoms with Crippen molar-refractivity contribution in [1.82, 2.24) is 0 Å². The second kappa shape index (κ2) is 5.21. The number of hydrogen-bond donors (Lipinski definition) is 1. The third-order valence-corrected chi connectivity index (χ3v) is 3.28. The lowest BCUT2D eigenvalue weighted by Crippen LogP contribution is -2.20. The predicted molar refractivity (Wildman–Crippen MR) is 65.6 cm³/mol. The van der Waals surface area contributed by atoms with Gasteiger partial charge in [0, 0.05) is 0 Å². The maximum Gasteiger partial charge on any atom is 0.335 e. The highest BCUT2D eigenvalue weighted by Crippen LogP contribution is 2.26. The van der Waals surface area contributed by atoms with E-state index in [4.69, 9.17) is 9.84 Å². The van der Waals surface area contributed by atoms with Crippen LogP contribution in [-0.4, -0.2) is 17.2 Å². The van der Waals surface area contributed by atoms with E-state index in [0.29, 0.717) is 5.56 Å². The minimum Gasteiger partial charge on any atom is -0.490 e. The molecule has 1 aromatic rings. The zero-order valence-electron chi connectivity index (χ0n) is 10.1. The highest BCUT2D eigenvalue weighted by Gasteiger charge is 2.16. The number of benzene rings is 1. The molecule has 1 aromatic carbocycles. The van der Waals surface area contributed by atoms with Gasteiger partial charge in [0.2, 0.25) is 0 Å². The fourth-order valence-electron chi connectivity index (χ4n) is 2.22. The molecule has 0 bridgehead atoms. The van der Waals surface area contributed by atoms with Crippen LogP contribution in [0.4, 0.5) is 0 Å². The lowest BCUT2D eigenvalue weighted by atomic mass is 9.97. The van der Waals surface area contributed by atoms with Gasteiger partial charge in [0.25, 0.3) is 0 Å². The number of rotatable bonds is 3. The van der Waals surface area contributed by atoms with Crippen molar-refractivity contribution in [2.24, 2.45) is 0 Å². The molecule has 92 valence electrons. The molecular weight excluding hydrogens is 216 g/mol. The summed E-state index contributed by atoms with van der Waals surface area (Å²) in [5.41, 5.74) is 1.29. The molecule has 0 atom stereocenters. The summed E-state index contributed by atoms with van der Waals surface area (Å²) in [7, 11) is 0. The van der Waals surface area contributed by atoms with Gasteiger partial charge in [-0.05, 0) is 50.3 Å². The Hall–Kier alpha value is -1.51. The molecule has 1 aliphatic carbocycles. The van der Waals surface area contributed by atoms with E-state index in [-0.39, 0.29) is 6.10 Å². The lowest BCUT2D eigenvalue weighted by Gasteiger charge is -2.24. The average Bonchev–Trinajstić information content (AvgIpc) is 2.33. The third-order valence-electron chi connectivity index (χ3n) is 3.28. The minimum atomic E-state index is -0.904. The molecule has 0 aromatic heterocycles. The monoisotopic (exact) mass is 234 g/mol. The van der Waals surface area contributed by atoms with Crippen LogP contribution in [-0.2, 0) is 0 Å². The first-order valence-corrected chi connectivity index (χ1v) is 6.17. The summed E-state index contributed by atoms with van der Waals surface area (Å²) in [6.45, 7) is 1.95. The van der Waals surface area contributed by atoms with Crippen LogP contribution in [0.3, 0.4) is 0 Å². The van der Waals surface area contributed by atoms with Gasteiger partial charge in [-0.1, -0.05) is 12.5 Å². The van der Waals surface area contributed by atoms with Crippen LogP contribution in [0.15, 0.2) is 18.2 Å². The van der Waals surface area contributed by atoms with E-state index in [0.717, 1.165) is 24.2 Å². The van der Waals surface area contributed by atoms with Gasteiger partial charge in [-0.3, -0.25) is 0 Å². The second-order valence-corrected chi connectivity index (χ2v) is 4.66. The molecule has 1 saturated carbocycles. The SMILES string of the molecule is Cc1ccc(C(=O)O)cc1OC1CCCCC1. The first-order valence-electron chi connectivity index (χ1n) is 6.17. The number of carboxylic acid groups (broad SMARTS) is 1. The van der Waals surface area contributed by atoms with E-state index < -0.39 is 5.97 Å². The van der Waals surface area contributed by atoms with Gasteiger partial charge in [-0.2, -0.15) is 0 Å². The molecule has 1 fully saturated rings. The van der Waals surface area contributed by atoms with Crippen molar-refractivity contribution < 1.29 is 14.6 Å². The topological polar surface area (TPSA) is 46.5 Å². The van der Waals surface area contributed by atoms with Crippen molar-refractivity contribution in [3.05, 3.63) is 29.3 Å². The molecule has 0 spiro atoms. The molecule has 17 heavy (non-hydrogen) atoms. The summed E-state index contributed by atoms with van der Waals surface area (Å²) in [4.78, 5) is 10.9. The molecule has 0 saturated heterocycles. The maximum absolute atomic E-state index is 10.9. The summed E-state index contributed by atoms with van der Waals surface area (Å²) in [6.07, 6.45) is 6.12. The Morgan fingerprint density at radius 2 is 2.00 bits per heavy atom. The number of carboxylic acids is 1. The van der Waals surface area contributed by atoms with Crippen LogP contribution in [0.25, 0.3) is 0 Å². The van der Waals surface area contributed by atoms with Crippen molar-refractivity contribution in [1.29, 1.82) is 0 Å². The van der Waals surface area contributed by atoms with E-state index in [1.807, 2.05) is 13.0 Å². The number of aromatic carboxylic acids is 1. The van der Waals surface area contributed by atoms with Gasteiger partial charge >= 0.3 is 5.97 Å². The lowest BCUT2D eigenvalue weighted by molar-refractivity contribution is 0.0695. The van der Waals surface area contributed by atoms with Gasteiger partial charge in [0.15, 0.2) is 0 Å². The van der Waals surface area contributed by atoms with E-state index in [1.54, 1.807) is 12.1 Å². The van der Waals surface area contributed by atoms with Crippen LogP contribution < -0.4 is 4.74 Å². The molecule has 0 heterocycles. The van der Waals surface area contributed by atoms with Crippen LogP contribution in [0, 0.1) is 6.92 Å². The van der Waals surface area contributed by atoms with Crippen molar-refractivity contribution >= 4 is 5.97 Å². The van der Waals surface area contributed by atoms with Crippen LogP contribution >= 0.6 is 0 Å². The highest BCUT2D eigenvalue weighted by atomic mass is 16.5. The molecule has 0 amide bonds. The summed E-state index contributed by atoms with van der Waals surface area (Å²) in [5, 5.41) is 8.95. The number of aryl methyl sites for hydroxylation is 1. The second-order valence-electron chi connectivity index (χ2n) is 4.66. The molecular formula is C14H18O3. The van der Waals surface area contributed by atoms with Crippen LogP contribution in [0.1, 0.15) is 48.0 Å². The molecule has 2 rings (SSSR count). The van der Waals surface area contributed by atoms with Crippen molar-refractivity contribution in [3.63, 3.8) is 0 Å². The minimum absolute atomic E-state index is 0.256. The normalized spacial score (nSPS) is 16.8. The molecule has 3 nitrogen and oxygen atoms in total. The first kappa shape index (κ1) is 12.0. The summed E-state index contributed by atoms with van der Waals surface area (Å²) >= 11 is 0. The van der Waals surface area contributed by atoms with Crippen LogP contribution in [0.2, 0.25) is 0 Å². The largest absolute Gasteiger partial charge is 0.490 e. The molecule has 0 aliphatic heterocycles. The standard InChI is InChI=1S/C14H18O3/c1-10-7-8-11(14(15)16)9-13(10)17-12-5-3-2-4-6-12/h7-9,12H,2-6H2,1H3,(H,15,16). The van der Waals surface area contributed by atoms with Crippen molar-refractivity contribution in [3.8, 4) is 5.75 Å². The zero-order chi connectivity index (χ0) is 12.3. The van der Waals surface area contributed by atoms with Crippen LogP contribution in [0.5, 0.6) is 5.75 Å². The van der Waals surface area contributed by atoms with E-state index in [2.05, 4.69) is 0 Å². The van der Waals surface area contributed by atoms with E-state index in [1.165, 1.54) is 19.3 Å². The van der Waals surface area contributed by atoms with Gasteiger partial charge in [0.1, 0.15) is 5.75 Å². The molecule has 1 N–H and O–H groups in total. The Morgan fingerprint density at radius 1 is 1.29 bits per heavy atom. The Labute approximate surface area is 101 Å². The zero-order valence-corrected chi connectivity index (χ0v) is 10.1. The molecule has 0 radical (unpaired) electrons. The summed E-state index contributed by atoms with van der Waals surface area (Å²) in [5.74, 6) is -0.185. The number of hydrogen-bond acceptors (Lipinski definition) is 2. The molecule has 1 aliphatic rings. The van der Waals surface area contributed by atoms with Crippen molar-refractivity contribution in [2.75, 3.05) is 0 Å². The molecule has 3 heteroatoms. The molecule has 0 unspecified atom stereocenters. The maximum atomic E-state index is 10.9. The Kier molecular flexibility index (Phi) is 3.67. The summed E-state index contributed by atoms with van der Waals surface area (Å²) in [6, 6.07) is 5.05. The summed E-state index contributed by atoms with van der Waals surface area (Å²) < 4.78 is 5.91. The third kappa shape index (κ3) is 2.99. The predicted octanol–water partition coefficient (Wildman–Crippen LogP) is 3.40. The van der Waals surface area contributed by atoms with Gasteiger partial charge < -0.3 is 9.84 Å². The van der Waals surface area contributed by atoms with E-state index in [9.17, 15) is 4.79 Å². The Bertz CT molecular complexity index is 406. The van der Waals surface area contributed by atoms with Gasteiger partial charge in [-0.15, -0.1) is 0 Å². The highest BCUT2D eigenvalue weighted by molar-refractivity contribution is 5.88. The quantitative estimate of drug-likeness (QED) is 0.871. The van der Waals surface area contributed by atoms with Gasteiger partial charge in [-0.25, -0.2) is 4.79 Å². The fourth-order valence-corrected chi connectivity index (χ4v) is 2.22. The van der Waals surface area contributed by atoms with Gasteiger partial charge in [0.05, 0.1) is 11.7 Å². The number of ether oxygens (including phenoxy) is 1. The Balaban J connectivity index is 2.13. The fraction of sp³-hybridized carbons (Fsp3) is 0.500. The van der Waals surface area contributed by atoms with E-state index >= 15 is 0 Å². The Morgan fingerprint density at radius 3 is 2.65 bits per heavy atom. The average molecular weight is 234 g/mol. The first-order chi connectivity index (χ1) is 8.16. The van der Waals surface area contributed by atoms with Crippen molar-refractivity contribution in [2.45, 2.75) is 45.1 Å². The number of carbonyl (C=O) groups is 1. The smallest absolute Gasteiger partial charge is 0.335 e.